The van der Waals surface area contributed by atoms with Gasteiger partial charge in [0.2, 0.25) is 0 Å². The van der Waals surface area contributed by atoms with Crippen LogP contribution in [-0.4, -0.2) is 37.4 Å². The lowest BCUT2D eigenvalue weighted by atomic mass is 10.0. The lowest BCUT2D eigenvalue weighted by Crippen LogP contribution is -2.24. The number of hydrogen-bond donors (Lipinski definition) is 1. The fourth-order valence-electron chi connectivity index (χ4n) is 2.81. The molecule has 3 rings (SSSR count). The third kappa shape index (κ3) is 1.78. The summed E-state index contributed by atoms with van der Waals surface area (Å²) in [4.78, 5) is 13.4. The Morgan fingerprint density at radius 1 is 1.24 bits per heavy atom. The maximum Gasteiger partial charge on any atom is 0.337 e. The van der Waals surface area contributed by atoms with Gasteiger partial charge in [-0.15, -0.1) is 0 Å². The molecule has 1 aromatic carbocycles. The number of hydrogen-bond acceptors (Lipinski definition) is 3. The highest BCUT2D eigenvalue weighted by molar-refractivity contribution is 5.94. The number of nitrogens with zero attached hydrogens (tertiary/aromatic N) is 1. The van der Waals surface area contributed by atoms with Crippen LogP contribution in [0.3, 0.4) is 0 Å². The molecule has 2 fully saturated rings. The molecule has 17 heavy (non-hydrogen) atoms. The summed E-state index contributed by atoms with van der Waals surface area (Å²) in [7, 11) is 0. The van der Waals surface area contributed by atoms with Gasteiger partial charge in [-0.2, -0.15) is 0 Å². The van der Waals surface area contributed by atoms with Gasteiger partial charge >= 0.3 is 5.97 Å². The van der Waals surface area contributed by atoms with E-state index < -0.39 is 5.97 Å². The second kappa shape index (κ2) is 4.04. The highest BCUT2D eigenvalue weighted by atomic mass is 16.5. The van der Waals surface area contributed by atoms with Gasteiger partial charge in [0.15, 0.2) is 0 Å². The molecule has 0 bridgehead atoms. The van der Waals surface area contributed by atoms with E-state index in [1.54, 1.807) is 12.1 Å². The highest BCUT2D eigenvalue weighted by Crippen LogP contribution is 2.33. The summed E-state index contributed by atoms with van der Waals surface area (Å²) in [5.41, 5.74) is 1.24. The van der Waals surface area contributed by atoms with Crippen molar-refractivity contribution >= 4 is 11.7 Å². The van der Waals surface area contributed by atoms with Crippen molar-refractivity contribution in [1.29, 1.82) is 0 Å². The van der Waals surface area contributed by atoms with Gasteiger partial charge in [0.1, 0.15) is 0 Å². The van der Waals surface area contributed by atoms with Crippen LogP contribution >= 0.6 is 0 Å². The van der Waals surface area contributed by atoms with Crippen LogP contribution in [0.4, 0.5) is 5.69 Å². The summed E-state index contributed by atoms with van der Waals surface area (Å²) < 4.78 is 5.43. The van der Waals surface area contributed by atoms with E-state index in [0.29, 0.717) is 17.4 Å². The van der Waals surface area contributed by atoms with E-state index in [1.807, 2.05) is 12.1 Å². The average molecular weight is 233 g/mol. The molecule has 2 unspecified atom stereocenters. The number of benzene rings is 1. The van der Waals surface area contributed by atoms with Gasteiger partial charge in [-0.1, -0.05) is 12.1 Å². The van der Waals surface area contributed by atoms with Crippen molar-refractivity contribution in [3.8, 4) is 0 Å². The first-order valence-corrected chi connectivity index (χ1v) is 5.90. The molecule has 2 heterocycles. The fraction of sp³-hybridized carbons (Fsp3) is 0.462. The van der Waals surface area contributed by atoms with Crippen LogP contribution in [0.5, 0.6) is 0 Å². The molecule has 1 N–H and O–H groups in total. The molecule has 2 aliphatic rings. The minimum Gasteiger partial charge on any atom is -0.478 e. The third-order valence-corrected chi connectivity index (χ3v) is 3.72. The Bertz CT molecular complexity index is 434. The quantitative estimate of drug-likeness (QED) is 0.840. The van der Waals surface area contributed by atoms with Crippen molar-refractivity contribution in [3.63, 3.8) is 0 Å². The van der Waals surface area contributed by atoms with E-state index in [-0.39, 0.29) is 0 Å². The molecule has 2 saturated heterocycles. The second-order valence-corrected chi connectivity index (χ2v) is 4.78. The molecule has 90 valence electrons. The van der Waals surface area contributed by atoms with Crippen molar-refractivity contribution in [2.24, 2.45) is 11.8 Å². The zero-order valence-electron chi connectivity index (χ0n) is 9.50. The van der Waals surface area contributed by atoms with E-state index in [0.717, 1.165) is 32.0 Å². The second-order valence-electron chi connectivity index (χ2n) is 4.78. The normalized spacial score (nSPS) is 27.2. The lowest BCUT2D eigenvalue weighted by Gasteiger charge is -2.21. The Morgan fingerprint density at radius 2 is 1.88 bits per heavy atom. The number of anilines is 1. The smallest absolute Gasteiger partial charge is 0.337 e. The van der Waals surface area contributed by atoms with Gasteiger partial charge < -0.3 is 14.7 Å². The Kier molecular flexibility index (Phi) is 2.52. The average Bonchev–Trinajstić information content (AvgIpc) is 2.88. The van der Waals surface area contributed by atoms with Gasteiger partial charge in [0, 0.05) is 24.9 Å². The monoisotopic (exact) mass is 233 g/mol. The Morgan fingerprint density at radius 3 is 2.53 bits per heavy atom. The number of para-hydroxylation sites is 1. The number of carbonyl (C=O) groups is 1. The van der Waals surface area contributed by atoms with Crippen molar-refractivity contribution < 1.29 is 14.6 Å². The van der Waals surface area contributed by atoms with Gasteiger partial charge in [0.05, 0.1) is 24.5 Å². The number of carboxylic acids is 1. The SMILES string of the molecule is O=C(O)c1ccccc1N1CC2COCC2C1. The Labute approximate surface area is 99.8 Å². The first-order valence-electron chi connectivity index (χ1n) is 5.90. The van der Waals surface area contributed by atoms with Crippen molar-refractivity contribution in [1.82, 2.24) is 0 Å². The summed E-state index contributed by atoms with van der Waals surface area (Å²) >= 11 is 0. The maximum absolute atomic E-state index is 11.2. The topological polar surface area (TPSA) is 49.8 Å². The predicted molar refractivity (Wildman–Crippen MR) is 63.4 cm³/mol. The molecule has 0 aromatic heterocycles. The third-order valence-electron chi connectivity index (χ3n) is 3.72. The van der Waals surface area contributed by atoms with Crippen molar-refractivity contribution in [2.75, 3.05) is 31.2 Å². The van der Waals surface area contributed by atoms with Crippen LogP contribution in [0.15, 0.2) is 24.3 Å². The zero-order chi connectivity index (χ0) is 11.8. The summed E-state index contributed by atoms with van der Waals surface area (Å²) in [5.74, 6) is 0.280. The summed E-state index contributed by atoms with van der Waals surface area (Å²) in [6.07, 6.45) is 0. The molecule has 4 nitrogen and oxygen atoms in total. The molecule has 4 heteroatoms. The number of fused-ring (bicyclic) bond motifs is 1. The minimum absolute atomic E-state index is 0.397. The first kappa shape index (κ1) is 10.6. The van der Waals surface area contributed by atoms with Crippen LogP contribution in [-0.2, 0) is 4.74 Å². The first-order chi connectivity index (χ1) is 8.25. The molecule has 0 amide bonds. The van der Waals surface area contributed by atoms with Gasteiger partial charge in [-0.25, -0.2) is 4.79 Å². The van der Waals surface area contributed by atoms with Crippen LogP contribution in [0.25, 0.3) is 0 Å². The molecule has 2 atom stereocenters. The molecule has 0 radical (unpaired) electrons. The highest BCUT2D eigenvalue weighted by Gasteiger charge is 2.37. The fourth-order valence-corrected chi connectivity index (χ4v) is 2.81. The van der Waals surface area contributed by atoms with Crippen LogP contribution in [0.1, 0.15) is 10.4 Å². The predicted octanol–water partition coefficient (Wildman–Crippen LogP) is 1.47. The Hall–Kier alpha value is -1.55. The van der Waals surface area contributed by atoms with Gasteiger partial charge in [-0.05, 0) is 12.1 Å². The maximum atomic E-state index is 11.2. The number of rotatable bonds is 2. The largest absolute Gasteiger partial charge is 0.478 e. The van der Waals surface area contributed by atoms with E-state index in [9.17, 15) is 9.90 Å². The van der Waals surface area contributed by atoms with E-state index in [1.165, 1.54) is 0 Å². The Balaban J connectivity index is 1.88. The van der Waals surface area contributed by atoms with Gasteiger partial charge in [0.25, 0.3) is 0 Å². The van der Waals surface area contributed by atoms with E-state index in [2.05, 4.69) is 4.90 Å². The van der Waals surface area contributed by atoms with Crippen LogP contribution in [0.2, 0.25) is 0 Å². The lowest BCUT2D eigenvalue weighted by molar-refractivity contribution is 0.0697. The molecular weight excluding hydrogens is 218 g/mol. The number of aromatic carboxylic acids is 1. The molecule has 0 saturated carbocycles. The zero-order valence-corrected chi connectivity index (χ0v) is 9.50. The summed E-state index contributed by atoms with van der Waals surface area (Å²) in [6.45, 7) is 3.46. The van der Waals surface area contributed by atoms with Gasteiger partial charge in [-0.3, -0.25) is 0 Å². The summed E-state index contributed by atoms with van der Waals surface area (Å²) in [6, 6.07) is 7.23. The molecule has 1 aromatic rings. The van der Waals surface area contributed by atoms with E-state index in [4.69, 9.17) is 4.74 Å². The molecule has 0 spiro atoms. The number of ether oxygens (including phenoxy) is 1. The van der Waals surface area contributed by atoms with Crippen molar-refractivity contribution in [3.05, 3.63) is 29.8 Å². The van der Waals surface area contributed by atoms with Crippen LogP contribution in [0, 0.1) is 11.8 Å². The minimum atomic E-state index is -0.853. The molecule has 0 aliphatic carbocycles. The van der Waals surface area contributed by atoms with E-state index >= 15 is 0 Å². The standard InChI is InChI=1S/C13H15NO3/c15-13(16)11-3-1-2-4-12(11)14-5-9-7-17-8-10(9)6-14/h1-4,9-10H,5-8H2,(H,15,16). The molecular formula is C13H15NO3. The summed E-state index contributed by atoms with van der Waals surface area (Å²) in [5, 5.41) is 9.18. The van der Waals surface area contributed by atoms with Crippen molar-refractivity contribution in [2.45, 2.75) is 0 Å². The number of carboxylic acid groups (broad SMARTS) is 1. The van der Waals surface area contributed by atoms with Crippen LogP contribution < -0.4 is 4.90 Å². The molecule has 2 aliphatic heterocycles.